The van der Waals surface area contributed by atoms with Gasteiger partial charge in [0.25, 0.3) is 0 Å². The van der Waals surface area contributed by atoms with Gasteiger partial charge in [-0.25, -0.2) is 24.9 Å². The third-order valence-corrected chi connectivity index (χ3v) is 10.6. The average molecular weight is 696 g/mol. The monoisotopic (exact) mass is 695 g/mol. The molecule has 6 heteroatoms. The van der Waals surface area contributed by atoms with E-state index in [4.69, 9.17) is 24.9 Å². The van der Waals surface area contributed by atoms with Crippen molar-refractivity contribution in [2.24, 2.45) is 0 Å². The van der Waals surface area contributed by atoms with Crippen LogP contribution in [-0.4, -0.2) is 24.9 Å². The Hall–Kier alpha value is -6.89. The fourth-order valence-corrected chi connectivity index (χ4v) is 7.81. The summed E-state index contributed by atoms with van der Waals surface area (Å²) < 4.78 is 1.21. The van der Waals surface area contributed by atoms with Crippen molar-refractivity contribution in [3.05, 3.63) is 176 Å². The zero-order valence-electron chi connectivity index (χ0n) is 28.4. The van der Waals surface area contributed by atoms with Gasteiger partial charge in [-0.3, -0.25) is 0 Å². The van der Waals surface area contributed by atoms with Crippen molar-refractivity contribution in [1.29, 1.82) is 0 Å². The molecule has 5 nitrogen and oxygen atoms in total. The van der Waals surface area contributed by atoms with Gasteiger partial charge in [0.2, 0.25) is 0 Å². The number of aromatic nitrogens is 5. The van der Waals surface area contributed by atoms with E-state index in [0.29, 0.717) is 17.5 Å². The third kappa shape index (κ3) is 5.91. The number of thiophene rings is 1. The van der Waals surface area contributed by atoms with E-state index in [0.717, 1.165) is 71.3 Å². The molecule has 0 N–H and O–H groups in total. The molecule has 53 heavy (non-hydrogen) atoms. The van der Waals surface area contributed by atoms with Crippen LogP contribution in [0, 0.1) is 0 Å². The van der Waals surface area contributed by atoms with Gasteiger partial charge in [-0.05, 0) is 51.6 Å². The minimum Gasteiger partial charge on any atom is -0.243 e. The number of hydrogen-bond acceptors (Lipinski definition) is 6. The van der Waals surface area contributed by atoms with E-state index in [1.54, 1.807) is 11.3 Å². The first kappa shape index (κ1) is 30.9. The molecule has 248 valence electrons. The molecule has 0 aliphatic rings. The summed E-state index contributed by atoms with van der Waals surface area (Å²) in [6, 6.07) is 60.7. The van der Waals surface area contributed by atoms with Crippen molar-refractivity contribution >= 4 is 42.8 Å². The van der Waals surface area contributed by atoms with Crippen molar-refractivity contribution < 1.29 is 0 Å². The smallest absolute Gasteiger partial charge is 0.164 e. The van der Waals surface area contributed by atoms with Crippen LogP contribution in [-0.2, 0) is 0 Å². The zero-order valence-corrected chi connectivity index (χ0v) is 29.2. The predicted octanol–water partition coefficient (Wildman–Crippen LogP) is 12.2. The van der Waals surface area contributed by atoms with Gasteiger partial charge in [0.1, 0.15) is 10.3 Å². The Morgan fingerprint density at radius 2 is 0.717 bits per heavy atom. The van der Waals surface area contributed by atoms with Crippen LogP contribution in [0.3, 0.4) is 0 Å². The molecule has 10 aromatic rings. The van der Waals surface area contributed by atoms with Gasteiger partial charge < -0.3 is 0 Å². The lowest BCUT2D eigenvalue weighted by molar-refractivity contribution is 1.07. The van der Waals surface area contributed by atoms with Crippen LogP contribution in [0.25, 0.3) is 99.0 Å². The molecule has 0 amide bonds. The molecule has 0 saturated carbocycles. The van der Waals surface area contributed by atoms with Crippen molar-refractivity contribution in [1.82, 2.24) is 24.9 Å². The van der Waals surface area contributed by atoms with E-state index in [1.165, 1.54) is 10.3 Å². The summed E-state index contributed by atoms with van der Waals surface area (Å²) in [4.78, 5) is 25.8. The van der Waals surface area contributed by atoms with Gasteiger partial charge in [-0.1, -0.05) is 158 Å². The van der Waals surface area contributed by atoms with Crippen LogP contribution in [0.5, 0.6) is 0 Å². The van der Waals surface area contributed by atoms with Gasteiger partial charge in [-0.2, -0.15) is 0 Å². The first-order chi connectivity index (χ1) is 26.2. The maximum Gasteiger partial charge on any atom is 0.164 e. The molecule has 0 fully saturated rings. The van der Waals surface area contributed by atoms with E-state index < -0.39 is 0 Å². The lowest BCUT2D eigenvalue weighted by Crippen LogP contribution is -2.00. The molecule has 0 unspecified atom stereocenters. The highest BCUT2D eigenvalue weighted by atomic mass is 32.1. The molecular formula is C47H29N5S. The maximum absolute atomic E-state index is 5.04. The normalized spacial score (nSPS) is 11.4. The van der Waals surface area contributed by atoms with Crippen LogP contribution in [0.4, 0.5) is 0 Å². The average Bonchev–Trinajstić information content (AvgIpc) is 3.60. The third-order valence-electron chi connectivity index (χ3n) is 9.59. The Balaban J connectivity index is 0.944. The van der Waals surface area contributed by atoms with Crippen LogP contribution >= 0.6 is 11.3 Å². The molecule has 0 spiro atoms. The van der Waals surface area contributed by atoms with E-state index in [9.17, 15) is 0 Å². The number of rotatable bonds is 6. The highest BCUT2D eigenvalue weighted by Gasteiger charge is 2.14. The quantitative estimate of drug-likeness (QED) is 0.173. The minimum atomic E-state index is 0.634. The van der Waals surface area contributed by atoms with Gasteiger partial charge in [-0.15, -0.1) is 11.3 Å². The van der Waals surface area contributed by atoms with Crippen LogP contribution in [0.2, 0.25) is 0 Å². The number of fused-ring (bicyclic) bond motifs is 4. The summed E-state index contributed by atoms with van der Waals surface area (Å²) in [6.07, 6.45) is 0. The summed E-state index contributed by atoms with van der Waals surface area (Å²) in [5.41, 5.74) is 12.4. The van der Waals surface area contributed by atoms with E-state index in [1.807, 2.05) is 36.4 Å². The second kappa shape index (κ2) is 13.0. The fraction of sp³-hybridized carbons (Fsp3) is 0. The number of nitrogens with zero attached hydrogens (tertiary/aromatic N) is 5. The molecule has 0 saturated heterocycles. The Labute approximate surface area is 310 Å². The maximum atomic E-state index is 5.04. The molecule has 0 atom stereocenters. The van der Waals surface area contributed by atoms with Gasteiger partial charge in [0.05, 0.1) is 11.0 Å². The zero-order chi connectivity index (χ0) is 35.1. The number of hydrogen-bond donors (Lipinski definition) is 0. The molecule has 3 aromatic heterocycles. The first-order valence-corrected chi connectivity index (χ1v) is 18.3. The minimum absolute atomic E-state index is 0.634. The Morgan fingerprint density at radius 1 is 0.302 bits per heavy atom. The van der Waals surface area contributed by atoms with Crippen molar-refractivity contribution in [2.75, 3.05) is 0 Å². The van der Waals surface area contributed by atoms with Crippen molar-refractivity contribution in [3.63, 3.8) is 0 Å². The molecule has 0 aliphatic heterocycles. The molecule has 10 rings (SSSR count). The summed E-state index contributed by atoms with van der Waals surface area (Å²) >= 11 is 1.69. The Bertz CT molecular complexity index is 2900. The first-order valence-electron chi connectivity index (χ1n) is 17.5. The Kier molecular flexibility index (Phi) is 7.59. The molecule has 7 aromatic carbocycles. The molecular weight excluding hydrogens is 667 g/mol. The van der Waals surface area contributed by atoms with Gasteiger partial charge in [0, 0.05) is 26.8 Å². The highest BCUT2D eigenvalue weighted by molar-refractivity contribution is 7.25. The highest BCUT2D eigenvalue weighted by Crippen LogP contribution is 2.34. The predicted molar refractivity (Wildman–Crippen MR) is 218 cm³/mol. The molecule has 0 radical (unpaired) electrons. The van der Waals surface area contributed by atoms with Crippen LogP contribution in [0.15, 0.2) is 176 Å². The van der Waals surface area contributed by atoms with Gasteiger partial charge >= 0.3 is 0 Å². The second-order valence-corrected chi connectivity index (χ2v) is 14.0. The second-order valence-electron chi connectivity index (χ2n) is 12.9. The number of benzene rings is 7. The van der Waals surface area contributed by atoms with Gasteiger partial charge in [0.15, 0.2) is 17.5 Å². The summed E-state index contributed by atoms with van der Waals surface area (Å²) in [5, 5.41) is 1.16. The Morgan fingerprint density at radius 3 is 1.28 bits per heavy atom. The van der Waals surface area contributed by atoms with Crippen LogP contribution < -0.4 is 0 Å². The standard InChI is InChI=1S/C47H29N5S/c1-3-9-30(10-4-1)31-19-23-36(24-20-31)45-50-44(35-11-5-2-6-12-35)51-46(52-45)37-25-21-33(22-26-37)32-15-17-34(18-16-32)38-27-28-40-41(29-38)48-43-39-13-7-8-14-42(39)53-47(43)49-40/h1-29H. The molecule has 3 heterocycles. The van der Waals surface area contributed by atoms with Crippen molar-refractivity contribution in [3.8, 4) is 67.5 Å². The summed E-state index contributed by atoms with van der Waals surface area (Å²) in [6.45, 7) is 0. The topological polar surface area (TPSA) is 64.5 Å². The van der Waals surface area contributed by atoms with E-state index >= 15 is 0 Å². The van der Waals surface area contributed by atoms with E-state index in [-0.39, 0.29) is 0 Å². The lowest BCUT2D eigenvalue weighted by atomic mass is 9.99. The van der Waals surface area contributed by atoms with E-state index in [2.05, 4.69) is 140 Å². The van der Waals surface area contributed by atoms with Crippen LogP contribution in [0.1, 0.15) is 0 Å². The SMILES string of the molecule is c1ccc(-c2ccc(-c3nc(-c4ccccc4)nc(-c4ccc(-c5ccc(-c6ccc7nc8sc9ccccc9c8nc7c6)cc5)cc4)n3)cc2)cc1. The molecule has 0 bridgehead atoms. The fourth-order valence-electron chi connectivity index (χ4n) is 6.78. The summed E-state index contributed by atoms with van der Waals surface area (Å²) in [7, 11) is 0. The summed E-state index contributed by atoms with van der Waals surface area (Å²) in [5.74, 6) is 1.92. The lowest BCUT2D eigenvalue weighted by Gasteiger charge is -2.10. The molecule has 0 aliphatic carbocycles. The van der Waals surface area contributed by atoms with Crippen molar-refractivity contribution in [2.45, 2.75) is 0 Å². The largest absolute Gasteiger partial charge is 0.243 e.